The lowest BCUT2D eigenvalue weighted by Crippen LogP contribution is -2.50. The van der Waals surface area contributed by atoms with E-state index in [1.807, 2.05) is 6.07 Å². The molecule has 6 heteroatoms. The standard InChI is InChI=1S/C20H19N3O3/c1-23-9-7-20(8-10-23)21-13-6-5-12-16(17(13)22-20)19(26)11-3-2-4-14(24)15(11)18(12)25/h2-6,21-22,24H,7-10H2,1H3. The van der Waals surface area contributed by atoms with Crippen molar-refractivity contribution in [3.63, 3.8) is 0 Å². The second-order valence-corrected chi connectivity index (χ2v) is 7.40. The first-order valence-electron chi connectivity index (χ1n) is 8.82. The molecule has 0 atom stereocenters. The van der Waals surface area contributed by atoms with Crippen LogP contribution in [0.1, 0.15) is 44.7 Å². The number of nitrogens with one attached hydrogen (secondary N) is 2. The summed E-state index contributed by atoms with van der Waals surface area (Å²) in [7, 11) is 2.10. The minimum atomic E-state index is -0.304. The third-order valence-corrected chi connectivity index (χ3v) is 5.77. The molecule has 2 heterocycles. The van der Waals surface area contributed by atoms with Crippen molar-refractivity contribution in [1.29, 1.82) is 0 Å². The van der Waals surface area contributed by atoms with Gasteiger partial charge >= 0.3 is 0 Å². The number of nitrogens with zero attached hydrogens (tertiary/aromatic N) is 1. The summed E-state index contributed by atoms with van der Waals surface area (Å²) < 4.78 is 0. The van der Waals surface area contributed by atoms with E-state index in [1.165, 1.54) is 6.07 Å². The van der Waals surface area contributed by atoms with Gasteiger partial charge in [-0.15, -0.1) is 0 Å². The van der Waals surface area contributed by atoms with Crippen LogP contribution in [0.4, 0.5) is 11.4 Å². The molecule has 0 amide bonds. The van der Waals surface area contributed by atoms with Crippen molar-refractivity contribution in [2.45, 2.75) is 18.5 Å². The number of carbonyl (C=O) groups is 2. The van der Waals surface area contributed by atoms with Gasteiger partial charge in [0.2, 0.25) is 0 Å². The number of fused-ring (bicyclic) bond motifs is 4. The van der Waals surface area contributed by atoms with Gasteiger partial charge < -0.3 is 20.6 Å². The van der Waals surface area contributed by atoms with Crippen molar-refractivity contribution in [2.75, 3.05) is 30.8 Å². The van der Waals surface area contributed by atoms with Crippen molar-refractivity contribution in [1.82, 2.24) is 4.90 Å². The molecule has 6 nitrogen and oxygen atoms in total. The summed E-state index contributed by atoms with van der Waals surface area (Å²) in [5, 5.41) is 17.1. The number of ketones is 2. The van der Waals surface area contributed by atoms with Gasteiger partial charge in [0.05, 0.1) is 22.5 Å². The third kappa shape index (κ3) is 1.96. The van der Waals surface area contributed by atoms with Gasteiger partial charge in [-0.25, -0.2) is 0 Å². The predicted molar refractivity (Wildman–Crippen MR) is 98.1 cm³/mol. The lowest BCUT2D eigenvalue weighted by Gasteiger charge is -2.38. The number of piperidine rings is 1. The van der Waals surface area contributed by atoms with E-state index in [1.54, 1.807) is 18.2 Å². The Morgan fingerprint density at radius 2 is 1.65 bits per heavy atom. The number of benzene rings is 2. The molecule has 3 aliphatic rings. The zero-order valence-corrected chi connectivity index (χ0v) is 14.4. The van der Waals surface area contributed by atoms with Gasteiger partial charge in [-0.1, -0.05) is 12.1 Å². The Labute approximate surface area is 150 Å². The summed E-state index contributed by atoms with van der Waals surface area (Å²) in [6, 6.07) is 8.18. The van der Waals surface area contributed by atoms with Crippen molar-refractivity contribution in [2.24, 2.45) is 0 Å². The fourth-order valence-corrected chi connectivity index (χ4v) is 4.28. The van der Waals surface area contributed by atoms with Crippen LogP contribution < -0.4 is 10.6 Å². The number of aromatic hydroxyl groups is 1. The normalized spacial score (nSPS) is 20.2. The molecule has 1 aliphatic carbocycles. The number of hydrogen-bond acceptors (Lipinski definition) is 6. The highest BCUT2D eigenvalue weighted by atomic mass is 16.3. The molecule has 0 saturated carbocycles. The van der Waals surface area contributed by atoms with E-state index in [0.717, 1.165) is 31.6 Å². The zero-order valence-electron chi connectivity index (χ0n) is 14.4. The van der Waals surface area contributed by atoms with Gasteiger partial charge in [-0.05, 0) is 25.2 Å². The second-order valence-electron chi connectivity index (χ2n) is 7.40. The van der Waals surface area contributed by atoms with Crippen LogP contribution >= 0.6 is 0 Å². The van der Waals surface area contributed by atoms with Gasteiger partial charge in [-0.3, -0.25) is 9.59 Å². The first-order chi connectivity index (χ1) is 12.5. The molecule has 2 aromatic carbocycles. The molecule has 1 spiro atoms. The van der Waals surface area contributed by atoms with Crippen LogP contribution in [0.25, 0.3) is 0 Å². The summed E-state index contributed by atoms with van der Waals surface area (Å²) in [5.74, 6) is -0.673. The van der Waals surface area contributed by atoms with E-state index in [2.05, 4.69) is 22.6 Å². The smallest absolute Gasteiger partial charge is 0.198 e. The zero-order chi connectivity index (χ0) is 18.1. The van der Waals surface area contributed by atoms with Crippen LogP contribution in [0, 0.1) is 0 Å². The summed E-state index contributed by atoms with van der Waals surface area (Å²) in [6.07, 6.45) is 1.82. The van der Waals surface area contributed by atoms with E-state index < -0.39 is 0 Å². The number of rotatable bonds is 0. The molecular weight excluding hydrogens is 330 g/mol. The Morgan fingerprint density at radius 1 is 0.962 bits per heavy atom. The maximum Gasteiger partial charge on any atom is 0.198 e. The quantitative estimate of drug-likeness (QED) is 0.578. The summed E-state index contributed by atoms with van der Waals surface area (Å²) in [5.41, 5.74) is 2.42. The van der Waals surface area contributed by atoms with Crippen LogP contribution in [0.3, 0.4) is 0 Å². The van der Waals surface area contributed by atoms with Gasteiger partial charge in [0.25, 0.3) is 0 Å². The van der Waals surface area contributed by atoms with Crippen LogP contribution in [-0.2, 0) is 0 Å². The van der Waals surface area contributed by atoms with E-state index in [0.29, 0.717) is 16.8 Å². The Kier molecular flexibility index (Phi) is 3.01. The second kappa shape index (κ2) is 5.08. The first-order valence-corrected chi connectivity index (χ1v) is 8.82. The number of anilines is 2. The topological polar surface area (TPSA) is 81.7 Å². The highest BCUT2D eigenvalue weighted by Gasteiger charge is 2.43. The summed E-state index contributed by atoms with van der Waals surface area (Å²) >= 11 is 0. The van der Waals surface area contributed by atoms with Crippen molar-refractivity contribution in [3.8, 4) is 5.75 Å². The largest absolute Gasteiger partial charge is 0.507 e. The third-order valence-electron chi connectivity index (χ3n) is 5.77. The maximum atomic E-state index is 13.1. The monoisotopic (exact) mass is 349 g/mol. The molecule has 0 aromatic heterocycles. The van der Waals surface area contributed by atoms with Gasteiger partial charge in [-0.2, -0.15) is 0 Å². The fourth-order valence-electron chi connectivity index (χ4n) is 4.28. The Hall–Kier alpha value is -2.86. The average Bonchev–Trinajstić information content (AvgIpc) is 3.00. The van der Waals surface area contributed by atoms with E-state index >= 15 is 0 Å². The summed E-state index contributed by atoms with van der Waals surface area (Å²) in [4.78, 5) is 28.3. The molecule has 0 radical (unpaired) electrons. The molecular formula is C20H19N3O3. The van der Waals surface area contributed by atoms with Crippen molar-refractivity contribution < 1.29 is 14.7 Å². The summed E-state index contributed by atoms with van der Waals surface area (Å²) in [6.45, 7) is 1.92. The van der Waals surface area contributed by atoms with Gasteiger partial charge in [0.15, 0.2) is 11.6 Å². The molecule has 5 rings (SSSR count). The number of carbonyl (C=O) groups excluding carboxylic acids is 2. The average molecular weight is 349 g/mol. The number of hydrogen-bond donors (Lipinski definition) is 3. The number of phenolic OH excluding ortho intramolecular Hbond substituents is 1. The lowest BCUT2D eigenvalue weighted by atomic mass is 9.82. The molecule has 132 valence electrons. The van der Waals surface area contributed by atoms with E-state index in [4.69, 9.17) is 0 Å². The van der Waals surface area contributed by atoms with E-state index in [-0.39, 0.29) is 34.1 Å². The molecule has 1 saturated heterocycles. The minimum Gasteiger partial charge on any atom is -0.507 e. The molecule has 1 fully saturated rings. The van der Waals surface area contributed by atoms with Crippen molar-refractivity contribution >= 4 is 22.9 Å². The van der Waals surface area contributed by atoms with Crippen LogP contribution in [0.15, 0.2) is 30.3 Å². The molecule has 2 aromatic rings. The molecule has 26 heavy (non-hydrogen) atoms. The van der Waals surface area contributed by atoms with Crippen LogP contribution in [-0.4, -0.2) is 47.4 Å². The minimum absolute atomic E-state index is 0.102. The van der Waals surface area contributed by atoms with Gasteiger partial charge in [0, 0.05) is 37.1 Å². The lowest BCUT2D eigenvalue weighted by molar-refractivity contribution is 0.0977. The SMILES string of the molecule is CN1CCC2(CC1)Nc1ccc3c(c1N2)C(=O)c1cccc(O)c1C3=O. The number of phenols is 1. The highest BCUT2D eigenvalue weighted by molar-refractivity contribution is 6.31. The first kappa shape index (κ1) is 15.4. The molecule has 3 N–H and O–H groups in total. The van der Waals surface area contributed by atoms with E-state index in [9.17, 15) is 14.7 Å². The highest BCUT2D eigenvalue weighted by Crippen LogP contribution is 2.45. The van der Waals surface area contributed by atoms with Crippen molar-refractivity contribution in [3.05, 3.63) is 52.6 Å². The molecule has 0 bridgehead atoms. The predicted octanol–water partition coefficient (Wildman–Crippen LogP) is 2.43. The number of likely N-dealkylation sites (tertiary alicyclic amines) is 1. The Balaban J connectivity index is 1.63. The molecule has 2 aliphatic heterocycles. The van der Waals surface area contributed by atoms with Gasteiger partial charge in [0.1, 0.15) is 11.4 Å². The van der Waals surface area contributed by atoms with Crippen LogP contribution in [0.2, 0.25) is 0 Å². The Bertz CT molecular complexity index is 975. The fraction of sp³-hybridized carbons (Fsp3) is 0.300. The Morgan fingerprint density at radius 3 is 2.42 bits per heavy atom. The van der Waals surface area contributed by atoms with Crippen LogP contribution in [0.5, 0.6) is 5.75 Å². The maximum absolute atomic E-state index is 13.1. The molecule has 0 unspecified atom stereocenters.